The summed E-state index contributed by atoms with van der Waals surface area (Å²) in [6.45, 7) is 9.20. The number of morpholine rings is 1. The van der Waals surface area contributed by atoms with Crippen molar-refractivity contribution in [3.63, 3.8) is 0 Å². The Kier molecular flexibility index (Phi) is 7.60. The maximum absolute atomic E-state index is 12.4. The van der Waals surface area contributed by atoms with Crippen LogP contribution < -0.4 is 4.90 Å². The van der Waals surface area contributed by atoms with Crippen LogP contribution in [0, 0.1) is 5.92 Å². The Labute approximate surface area is 180 Å². The number of anilines is 1. The van der Waals surface area contributed by atoms with Crippen LogP contribution in [-0.4, -0.2) is 69.9 Å². The van der Waals surface area contributed by atoms with E-state index in [1.165, 1.54) is 5.69 Å². The average Bonchev–Trinajstić information content (AvgIpc) is 2.74. The first-order chi connectivity index (χ1) is 14.3. The minimum absolute atomic E-state index is 0.120. The van der Waals surface area contributed by atoms with Crippen LogP contribution >= 0.6 is 0 Å². The van der Waals surface area contributed by atoms with Gasteiger partial charge in [-0.3, -0.25) is 0 Å². The van der Waals surface area contributed by atoms with Crippen molar-refractivity contribution in [3.8, 4) is 0 Å². The van der Waals surface area contributed by atoms with E-state index in [0.717, 1.165) is 31.5 Å². The van der Waals surface area contributed by atoms with Crippen LogP contribution in [0.5, 0.6) is 0 Å². The molecule has 0 bridgehead atoms. The summed E-state index contributed by atoms with van der Waals surface area (Å²) in [7, 11) is 3.41. The van der Waals surface area contributed by atoms with Gasteiger partial charge in [-0.1, -0.05) is 12.1 Å². The highest BCUT2D eigenvalue weighted by molar-refractivity contribution is 5.68. The van der Waals surface area contributed by atoms with Gasteiger partial charge in [0.25, 0.3) is 0 Å². The fourth-order valence-corrected chi connectivity index (χ4v) is 4.15. The molecule has 2 aliphatic rings. The van der Waals surface area contributed by atoms with Gasteiger partial charge in [-0.05, 0) is 51.3 Å². The second kappa shape index (κ2) is 9.98. The minimum Gasteiger partial charge on any atom is -0.444 e. The van der Waals surface area contributed by atoms with Crippen LogP contribution in [0.2, 0.25) is 0 Å². The summed E-state index contributed by atoms with van der Waals surface area (Å²) < 4.78 is 22.3. The lowest BCUT2D eigenvalue weighted by atomic mass is 9.95. The van der Waals surface area contributed by atoms with E-state index in [1.807, 2.05) is 20.8 Å². The van der Waals surface area contributed by atoms with Crippen molar-refractivity contribution in [1.29, 1.82) is 0 Å². The summed E-state index contributed by atoms with van der Waals surface area (Å²) in [5.74, 6) is 0.435. The molecule has 1 atom stereocenters. The fourth-order valence-electron chi connectivity index (χ4n) is 4.15. The number of amides is 1. The zero-order valence-corrected chi connectivity index (χ0v) is 18.9. The molecule has 1 unspecified atom stereocenters. The van der Waals surface area contributed by atoms with E-state index in [0.29, 0.717) is 25.6 Å². The molecule has 0 aromatic heterocycles. The third-order valence-electron chi connectivity index (χ3n) is 5.74. The number of methoxy groups -OCH3 is 2. The Morgan fingerprint density at radius 2 is 1.70 bits per heavy atom. The predicted molar refractivity (Wildman–Crippen MR) is 116 cm³/mol. The topological polar surface area (TPSA) is 60.5 Å². The number of piperidine rings is 1. The van der Waals surface area contributed by atoms with Crippen LogP contribution in [0.1, 0.15) is 45.3 Å². The third kappa shape index (κ3) is 5.86. The molecule has 0 radical (unpaired) electrons. The van der Waals surface area contributed by atoms with Crippen molar-refractivity contribution in [3.05, 3.63) is 29.8 Å². The zero-order chi connectivity index (χ0) is 21.7. The second-order valence-corrected chi connectivity index (χ2v) is 9.04. The summed E-state index contributed by atoms with van der Waals surface area (Å²) in [5, 5.41) is 0. The van der Waals surface area contributed by atoms with Gasteiger partial charge in [0.15, 0.2) is 6.29 Å². The number of ether oxygens (including phenoxy) is 4. The third-order valence-corrected chi connectivity index (χ3v) is 5.74. The fraction of sp³-hybridized carbons (Fsp3) is 0.696. The molecule has 1 aromatic carbocycles. The molecule has 30 heavy (non-hydrogen) atoms. The number of carbonyl (C=O) groups excluding carboxylic acids is 1. The number of hydrogen-bond acceptors (Lipinski definition) is 6. The maximum atomic E-state index is 12.4. The molecule has 2 heterocycles. The SMILES string of the molecule is COC(OC)C1CCN(c2ccc(C3CN(C(=O)OC(C)(C)C)CCO3)cc2)CC1. The van der Waals surface area contributed by atoms with Crippen LogP contribution in [0.4, 0.5) is 10.5 Å². The normalized spacial score (nSPS) is 21.2. The number of carbonyl (C=O) groups is 1. The van der Waals surface area contributed by atoms with Gasteiger partial charge < -0.3 is 28.7 Å². The van der Waals surface area contributed by atoms with E-state index in [9.17, 15) is 4.79 Å². The van der Waals surface area contributed by atoms with E-state index < -0.39 is 5.60 Å². The molecule has 3 rings (SSSR count). The highest BCUT2D eigenvalue weighted by Crippen LogP contribution is 2.29. The Morgan fingerprint density at radius 3 is 2.27 bits per heavy atom. The molecule has 0 aliphatic carbocycles. The lowest BCUT2D eigenvalue weighted by Crippen LogP contribution is -2.44. The number of benzene rings is 1. The Hall–Kier alpha value is -1.83. The summed E-state index contributed by atoms with van der Waals surface area (Å²) in [6.07, 6.45) is 1.57. The van der Waals surface area contributed by atoms with Gasteiger partial charge in [-0.2, -0.15) is 0 Å². The quantitative estimate of drug-likeness (QED) is 0.675. The smallest absolute Gasteiger partial charge is 0.410 e. The molecule has 0 spiro atoms. The van der Waals surface area contributed by atoms with Crippen molar-refractivity contribution >= 4 is 11.8 Å². The molecular formula is C23H36N2O5. The summed E-state index contributed by atoms with van der Waals surface area (Å²) >= 11 is 0. The molecule has 168 valence electrons. The zero-order valence-electron chi connectivity index (χ0n) is 18.9. The molecule has 7 heteroatoms. The summed E-state index contributed by atoms with van der Waals surface area (Å²) in [6, 6.07) is 8.51. The van der Waals surface area contributed by atoms with Gasteiger partial charge >= 0.3 is 6.09 Å². The molecule has 2 saturated heterocycles. The van der Waals surface area contributed by atoms with Gasteiger partial charge in [0.2, 0.25) is 0 Å². The lowest BCUT2D eigenvalue weighted by molar-refractivity contribution is -0.141. The molecular weight excluding hydrogens is 384 g/mol. The number of rotatable bonds is 5. The van der Waals surface area contributed by atoms with E-state index in [-0.39, 0.29) is 18.5 Å². The monoisotopic (exact) mass is 420 g/mol. The van der Waals surface area contributed by atoms with E-state index >= 15 is 0 Å². The van der Waals surface area contributed by atoms with Crippen LogP contribution in [0.25, 0.3) is 0 Å². The summed E-state index contributed by atoms with van der Waals surface area (Å²) in [4.78, 5) is 16.5. The van der Waals surface area contributed by atoms with E-state index in [1.54, 1.807) is 19.1 Å². The van der Waals surface area contributed by atoms with Crippen molar-refractivity contribution in [2.75, 3.05) is 51.9 Å². The maximum Gasteiger partial charge on any atom is 0.410 e. The van der Waals surface area contributed by atoms with Gasteiger partial charge in [-0.25, -0.2) is 4.79 Å². The highest BCUT2D eigenvalue weighted by Gasteiger charge is 2.30. The van der Waals surface area contributed by atoms with Gasteiger partial charge in [0.1, 0.15) is 11.7 Å². The summed E-state index contributed by atoms with van der Waals surface area (Å²) in [5.41, 5.74) is 1.80. The van der Waals surface area contributed by atoms with E-state index in [2.05, 4.69) is 29.2 Å². The lowest BCUT2D eigenvalue weighted by Gasteiger charge is -2.36. The number of nitrogens with zero attached hydrogens (tertiary/aromatic N) is 2. The van der Waals surface area contributed by atoms with Crippen molar-refractivity contribution < 1.29 is 23.7 Å². The van der Waals surface area contributed by atoms with Gasteiger partial charge in [0.05, 0.1) is 13.2 Å². The molecule has 0 saturated carbocycles. The molecule has 7 nitrogen and oxygen atoms in total. The Bertz CT molecular complexity index is 676. The standard InChI is InChI=1S/C23H36N2O5/c1-23(2,3)30-22(26)25-14-15-29-20(16-25)17-6-8-19(9-7-17)24-12-10-18(11-13-24)21(27-4)28-5/h6-9,18,20-21H,10-16H2,1-5H3. The minimum atomic E-state index is -0.494. The largest absolute Gasteiger partial charge is 0.444 e. The molecule has 2 fully saturated rings. The van der Waals surface area contributed by atoms with Crippen molar-refractivity contribution in [2.45, 2.75) is 51.6 Å². The van der Waals surface area contributed by atoms with Gasteiger partial charge in [0, 0.05) is 45.5 Å². The molecule has 1 amide bonds. The van der Waals surface area contributed by atoms with Crippen LogP contribution in [0.3, 0.4) is 0 Å². The highest BCUT2D eigenvalue weighted by atomic mass is 16.7. The van der Waals surface area contributed by atoms with Crippen LogP contribution in [0.15, 0.2) is 24.3 Å². The average molecular weight is 421 g/mol. The number of hydrogen-bond donors (Lipinski definition) is 0. The van der Waals surface area contributed by atoms with Crippen LogP contribution in [-0.2, 0) is 18.9 Å². The van der Waals surface area contributed by atoms with Crippen molar-refractivity contribution in [1.82, 2.24) is 4.90 Å². The predicted octanol–water partition coefficient (Wildman–Crippen LogP) is 3.83. The van der Waals surface area contributed by atoms with Crippen molar-refractivity contribution in [2.24, 2.45) is 5.92 Å². The second-order valence-electron chi connectivity index (χ2n) is 9.04. The van der Waals surface area contributed by atoms with E-state index in [4.69, 9.17) is 18.9 Å². The first-order valence-electron chi connectivity index (χ1n) is 10.8. The first-order valence-corrected chi connectivity index (χ1v) is 10.8. The Balaban J connectivity index is 1.56. The molecule has 0 N–H and O–H groups in total. The first kappa shape index (κ1) is 22.8. The molecule has 2 aliphatic heterocycles. The molecule has 1 aromatic rings. The Morgan fingerprint density at radius 1 is 1.07 bits per heavy atom. The van der Waals surface area contributed by atoms with Gasteiger partial charge in [-0.15, -0.1) is 0 Å².